The molecule has 1 N–H and O–H groups in total. The standard InChI is InChI=1S/C14H18N2O5/c1-9(2)7-15(8-12(17)18)14(19)11-6-4-5-10(3)13(11)16(20)21/h4-6,9H,7-8H2,1-3H3,(H,17,18). The molecule has 21 heavy (non-hydrogen) atoms. The van der Waals surface area contributed by atoms with Gasteiger partial charge in [0.05, 0.1) is 4.92 Å². The maximum atomic E-state index is 12.5. The second-order valence-electron chi connectivity index (χ2n) is 5.20. The number of carbonyl (C=O) groups excluding carboxylic acids is 1. The maximum absolute atomic E-state index is 12.5. The molecule has 1 amide bonds. The zero-order valence-corrected chi connectivity index (χ0v) is 12.2. The molecule has 0 unspecified atom stereocenters. The number of carbonyl (C=O) groups is 2. The number of carboxylic acids is 1. The topological polar surface area (TPSA) is 101 Å². The number of nitrogens with zero attached hydrogens (tertiary/aromatic N) is 2. The molecule has 0 aliphatic heterocycles. The van der Waals surface area contributed by atoms with Crippen LogP contribution in [0.5, 0.6) is 0 Å². The van der Waals surface area contributed by atoms with Crippen LogP contribution in [0.15, 0.2) is 18.2 Å². The molecule has 0 saturated heterocycles. The highest BCUT2D eigenvalue weighted by Crippen LogP contribution is 2.24. The summed E-state index contributed by atoms with van der Waals surface area (Å²) in [6.07, 6.45) is 0. The smallest absolute Gasteiger partial charge is 0.323 e. The van der Waals surface area contributed by atoms with Gasteiger partial charge in [-0.1, -0.05) is 26.0 Å². The Balaban J connectivity index is 3.23. The second-order valence-corrected chi connectivity index (χ2v) is 5.20. The molecule has 0 saturated carbocycles. The molecule has 0 bridgehead atoms. The molecule has 0 radical (unpaired) electrons. The number of amides is 1. The molecule has 114 valence electrons. The van der Waals surface area contributed by atoms with Crippen molar-refractivity contribution in [3.05, 3.63) is 39.4 Å². The molecule has 1 rings (SSSR count). The summed E-state index contributed by atoms with van der Waals surface area (Å²) in [7, 11) is 0. The molecule has 0 aliphatic carbocycles. The van der Waals surface area contributed by atoms with Crippen LogP contribution >= 0.6 is 0 Å². The summed E-state index contributed by atoms with van der Waals surface area (Å²) in [5, 5.41) is 20.0. The Morgan fingerprint density at radius 1 is 1.38 bits per heavy atom. The first-order chi connectivity index (χ1) is 9.73. The molecule has 0 spiro atoms. The number of hydrogen-bond donors (Lipinski definition) is 1. The fraction of sp³-hybridized carbons (Fsp3) is 0.429. The molecule has 7 heteroatoms. The molecule has 0 aliphatic rings. The Hall–Kier alpha value is -2.44. The highest BCUT2D eigenvalue weighted by molar-refractivity contribution is 5.99. The van der Waals surface area contributed by atoms with E-state index >= 15 is 0 Å². The van der Waals surface area contributed by atoms with Crippen LogP contribution in [0.3, 0.4) is 0 Å². The van der Waals surface area contributed by atoms with Gasteiger partial charge in [-0.25, -0.2) is 0 Å². The van der Waals surface area contributed by atoms with E-state index in [1.165, 1.54) is 6.07 Å². The van der Waals surface area contributed by atoms with E-state index in [1.807, 2.05) is 13.8 Å². The van der Waals surface area contributed by atoms with Crippen molar-refractivity contribution in [2.75, 3.05) is 13.1 Å². The van der Waals surface area contributed by atoms with Gasteiger partial charge in [-0.2, -0.15) is 0 Å². The van der Waals surface area contributed by atoms with Crippen LogP contribution in [0.2, 0.25) is 0 Å². The lowest BCUT2D eigenvalue weighted by Crippen LogP contribution is -2.38. The van der Waals surface area contributed by atoms with Crippen molar-refractivity contribution >= 4 is 17.6 Å². The van der Waals surface area contributed by atoms with E-state index in [0.29, 0.717) is 5.56 Å². The minimum atomic E-state index is -1.15. The third-order valence-corrected chi connectivity index (χ3v) is 2.85. The van der Waals surface area contributed by atoms with Crippen LogP contribution in [-0.4, -0.2) is 39.9 Å². The fourth-order valence-electron chi connectivity index (χ4n) is 2.07. The third kappa shape index (κ3) is 4.27. The van der Waals surface area contributed by atoms with Gasteiger partial charge in [-0.05, 0) is 18.9 Å². The number of rotatable bonds is 6. The largest absolute Gasteiger partial charge is 0.480 e. The lowest BCUT2D eigenvalue weighted by molar-refractivity contribution is -0.385. The quantitative estimate of drug-likeness (QED) is 0.639. The van der Waals surface area contributed by atoms with Crippen LogP contribution in [0.1, 0.15) is 29.8 Å². The number of aryl methyl sites for hydroxylation is 1. The number of benzene rings is 1. The van der Waals surface area contributed by atoms with Gasteiger partial charge >= 0.3 is 5.97 Å². The summed E-state index contributed by atoms with van der Waals surface area (Å²) < 4.78 is 0. The summed E-state index contributed by atoms with van der Waals surface area (Å²) in [4.78, 5) is 35.0. The predicted molar refractivity (Wildman–Crippen MR) is 76.2 cm³/mol. The normalized spacial score (nSPS) is 10.5. The van der Waals surface area contributed by atoms with E-state index in [1.54, 1.807) is 19.1 Å². The maximum Gasteiger partial charge on any atom is 0.323 e. The molecule has 0 fully saturated rings. The molecule has 0 atom stereocenters. The minimum Gasteiger partial charge on any atom is -0.480 e. The molecule has 0 aromatic heterocycles. The van der Waals surface area contributed by atoms with Crippen molar-refractivity contribution in [3.8, 4) is 0 Å². The zero-order chi connectivity index (χ0) is 16.2. The van der Waals surface area contributed by atoms with Gasteiger partial charge in [-0.15, -0.1) is 0 Å². The van der Waals surface area contributed by atoms with E-state index in [-0.39, 0.29) is 23.7 Å². The number of carboxylic acid groups (broad SMARTS) is 1. The van der Waals surface area contributed by atoms with Gasteiger partial charge in [0, 0.05) is 12.1 Å². The number of nitro groups is 1. The van der Waals surface area contributed by atoms with Gasteiger partial charge < -0.3 is 10.0 Å². The van der Waals surface area contributed by atoms with Crippen LogP contribution in [-0.2, 0) is 4.79 Å². The Bertz CT molecular complexity index is 568. The van der Waals surface area contributed by atoms with Gasteiger partial charge in [0.25, 0.3) is 11.6 Å². The van der Waals surface area contributed by atoms with Crippen molar-refractivity contribution in [2.45, 2.75) is 20.8 Å². The molecule has 0 heterocycles. The monoisotopic (exact) mass is 294 g/mol. The van der Waals surface area contributed by atoms with Gasteiger partial charge in [0.1, 0.15) is 12.1 Å². The Morgan fingerprint density at radius 3 is 2.48 bits per heavy atom. The summed E-state index contributed by atoms with van der Waals surface area (Å²) in [6, 6.07) is 4.44. The molecule has 1 aromatic carbocycles. The first kappa shape index (κ1) is 16.6. The van der Waals surface area contributed by atoms with Crippen molar-refractivity contribution in [1.82, 2.24) is 4.90 Å². The van der Waals surface area contributed by atoms with Gasteiger partial charge in [-0.3, -0.25) is 19.7 Å². The molecule has 1 aromatic rings. The third-order valence-electron chi connectivity index (χ3n) is 2.85. The first-order valence-electron chi connectivity index (χ1n) is 6.49. The predicted octanol–water partition coefficient (Wildman–Crippen LogP) is 2.09. The van der Waals surface area contributed by atoms with Crippen LogP contribution in [0, 0.1) is 23.0 Å². The van der Waals surface area contributed by atoms with Crippen LogP contribution < -0.4 is 0 Å². The average Bonchev–Trinajstić information content (AvgIpc) is 2.35. The summed E-state index contributed by atoms with van der Waals surface area (Å²) in [5.74, 6) is -1.74. The van der Waals surface area contributed by atoms with Crippen LogP contribution in [0.4, 0.5) is 5.69 Å². The number of hydrogen-bond acceptors (Lipinski definition) is 4. The number of aliphatic carboxylic acids is 1. The van der Waals surface area contributed by atoms with Crippen molar-refractivity contribution < 1.29 is 19.6 Å². The highest BCUT2D eigenvalue weighted by Gasteiger charge is 2.27. The van der Waals surface area contributed by atoms with Crippen molar-refractivity contribution in [1.29, 1.82) is 0 Å². The van der Waals surface area contributed by atoms with Gasteiger partial charge in [0.2, 0.25) is 0 Å². The second kappa shape index (κ2) is 6.83. The van der Waals surface area contributed by atoms with Crippen molar-refractivity contribution in [2.24, 2.45) is 5.92 Å². The lowest BCUT2D eigenvalue weighted by atomic mass is 10.1. The minimum absolute atomic E-state index is 0.0529. The van der Waals surface area contributed by atoms with Crippen LogP contribution in [0.25, 0.3) is 0 Å². The van der Waals surface area contributed by atoms with Crippen molar-refractivity contribution in [3.63, 3.8) is 0 Å². The van der Waals surface area contributed by atoms with Gasteiger partial charge in [0.15, 0.2) is 0 Å². The van der Waals surface area contributed by atoms with E-state index < -0.39 is 23.3 Å². The lowest BCUT2D eigenvalue weighted by Gasteiger charge is -2.22. The number of nitro benzene ring substituents is 1. The molecular formula is C14H18N2O5. The number of para-hydroxylation sites is 1. The SMILES string of the molecule is Cc1cccc(C(=O)N(CC(=O)O)CC(C)C)c1[N+](=O)[O-]. The van der Waals surface area contributed by atoms with E-state index in [4.69, 9.17) is 5.11 Å². The average molecular weight is 294 g/mol. The summed E-state index contributed by atoms with van der Waals surface area (Å²) in [6.45, 7) is 4.96. The summed E-state index contributed by atoms with van der Waals surface area (Å²) in [5.41, 5.74) is 0.00853. The zero-order valence-electron chi connectivity index (χ0n) is 12.2. The molecular weight excluding hydrogens is 276 g/mol. The first-order valence-corrected chi connectivity index (χ1v) is 6.49. The summed E-state index contributed by atoms with van der Waals surface area (Å²) >= 11 is 0. The highest BCUT2D eigenvalue weighted by atomic mass is 16.6. The fourth-order valence-corrected chi connectivity index (χ4v) is 2.07. The van der Waals surface area contributed by atoms with E-state index in [9.17, 15) is 19.7 Å². The Labute approximate surface area is 122 Å². The Morgan fingerprint density at radius 2 is 2.00 bits per heavy atom. The van der Waals surface area contributed by atoms with E-state index in [2.05, 4.69) is 0 Å². The Kier molecular flexibility index (Phi) is 5.40. The van der Waals surface area contributed by atoms with E-state index in [0.717, 1.165) is 4.90 Å². The molecule has 7 nitrogen and oxygen atoms in total.